The van der Waals surface area contributed by atoms with E-state index in [-0.39, 0.29) is 11.3 Å². The van der Waals surface area contributed by atoms with Crippen molar-refractivity contribution in [1.29, 1.82) is 0 Å². The van der Waals surface area contributed by atoms with Gasteiger partial charge in [0.05, 0.1) is 17.5 Å². The Kier molecular flexibility index (Phi) is 4.81. The highest BCUT2D eigenvalue weighted by Gasteiger charge is 2.08. The Bertz CT molecular complexity index is 628. The summed E-state index contributed by atoms with van der Waals surface area (Å²) in [5.74, 6) is -0.650. The van der Waals surface area contributed by atoms with Crippen LogP contribution in [0.5, 0.6) is 0 Å². The van der Waals surface area contributed by atoms with E-state index < -0.39 is 17.2 Å². The van der Waals surface area contributed by atoms with Gasteiger partial charge in [0.1, 0.15) is 0 Å². The van der Waals surface area contributed by atoms with Crippen molar-refractivity contribution in [2.24, 2.45) is 5.10 Å². The first-order valence-corrected chi connectivity index (χ1v) is 5.29. The Hall–Kier alpha value is -2.64. The summed E-state index contributed by atoms with van der Waals surface area (Å²) in [7, 11) is 2.91. The van der Waals surface area contributed by atoms with Crippen molar-refractivity contribution < 1.29 is 4.39 Å². The van der Waals surface area contributed by atoms with Gasteiger partial charge in [0, 0.05) is 20.3 Å². The summed E-state index contributed by atoms with van der Waals surface area (Å²) < 4.78 is 13.4. The average Bonchev–Trinajstić information content (AvgIpc) is 2.36. The minimum Gasteiger partial charge on any atom is -0.390 e. The topological polar surface area (TPSA) is 93.3 Å². The quantitative estimate of drug-likeness (QED) is 0.393. The lowest BCUT2D eigenvalue weighted by atomic mass is 10.2. The molecule has 3 N–H and O–H groups in total. The molecule has 0 saturated heterocycles. The lowest BCUT2D eigenvalue weighted by Crippen LogP contribution is -2.27. The summed E-state index contributed by atoms with van der Waals surface area (Å²) in [6.45, 7) is 3.50. The number of rotatable bonds is 5. The van der Waals surface area contributed by atoms with Crippen molar-refractivity contribution in [3.63, 3.8) is 0 Å². The van der Waals surface area contributed by atoms with E-state index in [2.05, 4.69) is 22.0 Å². The van der Waals surface area contributed by atoms with Crippen LogP contribution in [0.25, 0.3) is 0 Å². The molecular weight excluding hydrogens is 253 g/mol. The van der Waals surface area contributed by atoms with Gasteiger partial charge < -0.3 is 10.3 Å². The van der Waals surface area contributed by atoms with Gasteiger partial charge in [0.25, 0.3) is 5.56 Å². The van der Waals surface area contributed by atoms with Crippen LogP contribution in [-0.4, -0.2) is 34.8 Å². The summed E-state index contributed by atoms with van der Waals surface area (Å²) in [4.78, 5) is 26.8. The molecule has 0 radical (unpaired) electrons. The van der Waals surface area contributed by atoms with Gasteiger partial charge in [-0.3, -0.25) is 9.78 Å². The molecule has 7 nitrogen and oxygen atoms in total. The van der Waals surface area contributed by atoms with Crippen molar-refractivity contribution in [1.82, 2.24) is 20.3 Å². The number of nitrogens with zero attached hydrogens (tertiary/aromatic N) is 2. The van der Waals surface area contributed by atoms with Gasteiger partial charge in [-0.05, 0) is 6.08 Å². The Morgan fingerprint density at radius 1 is 1.58 bits per heavy atom. The lowest BCUT2D eigenvalue weighted by Gasteiger charge is -2.11. The first-order valence-electron chi connectivity index (χ1n) is 5.29. The number of hydrogen-bond donors (Lipinski definition) is 3. The minimum absolute atomic E-state index is 0.0821. The number of H-pyrrole nitrogens is 2. The predicted octanol–water partition coefficient (Wildman–Crippen LogP) is -0.127. The Morgan fingerprint density at radius 3 is 2.79 bits per heavy atom. The van der Waals surface area contributed by atoms with E-state index in [9.17, 15) is 14.0 Å². The SMILES string of the molecule is C=C/C(=N\N(C)/C(F)=C\NC)c1c[nH]c(=O)[nH]c1=O. The number of hydrazone groups is 1. The number of nitrogens with one attached hydrogen (secondary N) is 3. The first kappa shape index (κ1) is 14.4. The Labute approximate surface area is 108 Å². The number of aromatic nitrogens is 2. The van der Waals surface area contributed by atoms with Crippen LogP contribution in [-0.2, 0) is 0 Å². The van der Waals surface area contributed by atoms with Gasteiger partial charge in [-0.1, -0.05) is 6.58 Å². The van der Waals surface area contributed by atoms with E-state index in [1.54, 1.807) is 0 Å². The van der Waals surface area contributed by atoms with E-state index in [0.717, 1.165) is 11.2 Å². The fourth-order valence-electron chi connectivity index (χ4n) is 1.23. The van der Waals surface area contributed by atoms with E-state index in [0.29, 0.717) is 0 Å². The molecule has 0 aliphatic rings. The highest BCUT2D eigenvalue weighted by atomic mass is 19.1. The largest absolute Gasteiger partial charge is 0.390 e. The summed E-state index contributed by atoms with van der Waals surface area (Å²) in [6.07, 6.45) is 3.57. The minimum atomic E-state index is -0.650. The van der Waals surface area contributed by atoms with Crippen LogP contribution in [0.2, 0.25) is 0 Å². The van der Waals surface area contributed by atoms with Gasteiger partial charge in [-0.25, -0.2) is 9.80 Å². The Balaban J connectivity index is 3.20. The van der Waals surface area contributed by atoms with E-state index in [1.807, 2.05) is 4.98 Å². The van der Waals surface area contributed by atoms with Gasteiger partial charge >= 0.3 is 5.69 Å². The standard InChI is InChI=1S/C11H14FN5O2/c1-4-8(16-17(3)9(12)6-13-2)7-5-14-11(19)15-10(7)18/h4-6,13H,1H2,2-3H3,(H2,14,15,18,19)/b9-6-,16-8+. The monoisotopic (exact) mass is 267 g/mol. The summed E-state index contributed by atoms with van der Waals surface area (Å²) in [6, 6.07) is 0. The number of aromatic amines is 2. The molecule has 0 aliphatic heterocycles. The zero-order valence-electron chi connectivity index (χ0n) is 10.5. The highest BCUT2D eigenvalue weighted by molar-refractivity contribution is 6.07. The molecule has 1 aromatic heterocycles. The molecule has 0 amide bonds. The smallest absolute Gasteiger partial charge is 0.325 e. The van der Waals surface area contributed by atoms with Crippen LogP contribution in [0.3, 0.4) is 0 Å². The second kappa shape index (κ2) is 6.34. The molecule has 1 rings (SSSR count). The van der Waals surface area contributed by atoms with Crippen molar-refractivity contribution in [3.8, 4) is 0 Å². The van der Waals surface area contributed by atoms with Crippen molar-refractivity contribution >= 4 is 5.71 Å². The maximum atomic E-state index is 13.4. The molecule has 0 fully saturated rings. The average molecular weight is 267 g/mol. The summed E-state index contributed by atoms with van der Waals surface area (Å²) in [5.41, 5.74) is -1.06. The number of allylic oxidation sites excluding steroid dienone is 1. The zero-order chi connectivity index (χ0) is 14.4. The van der Waals surface area contributed by atoms with Gasteiger partial charge in [-0.15, -0.1) is 0 Å². The maximum absolute atomic E-state index is 13.4. The van der Waals surface area contributed by atoms with Gasteiger partial charge in [0.15, 0.2) is 0 Å². The molecule has 0 atom stereocenters. The third-order valence-corrected chi connectivity index (χ3v) is 2.12. The molecule has 0 aliphatic carbocycles. The van der Waals surface area contributed by atoms with Crippen LogP contribution in [0.15, 0.2) is 45.7 Å². The predicted molar refractivity (Wildman–Crippen MR) is 70.4 cm³/mol. The van der Waals surface area contributed by atoms with Crippen LogP contribution in [0, 0.1) is 0 Å². The number of halogens is 1. The molecule has 1 heterocycles. The summed E-state index contributed by atoms with van der Waals surface area (Å²) in [5, 5.41) is 7.32. The van der Waals surface area contributed by atoms with E-state index in [4.69, 9.17) is 0 Å². The van der Waals surface area contributed by atoms with Crippen molar-refractivity contribution in [2.45, 2.75) is 0 Å². The third-order valence-electron chi connectivity index (χ3n) is 2.12. The summed E-state index contributed by atoms with van der Waals surface area (Å²) >= 11 is 0. The van der Waals surface area contributed by atoms with E-state index >= 15 is 0 Å². The molecule has 0 spiro atoms. The molecule has 0 saturated carbocycles. The van der Waals surface area contributed by atoms with Gasteiger partial charge in [-0.2, -0.15) is 9.49 Å². The molecule has 102 valence electrons. The third kappa shape index (κ3) is 3.66. The van der Waals surface area contributed by atoms with Crippen molar-refractivity contribution in [2.75, 3.05) is 14.1 Å². The lowest BCUT2D eigenvalue weighted by molar-refractivity contribution is 0.331. The molecule has 0 bridgehead atoms. The molecular formula is C11H14FN5O2. The molecule has 0 aromatic carbocycles. The van der Waals surface area contributed by atoms with Crippen LogP contribution < -0.4 is 16.6 Å². The molecule has 0 unspecified atom stereocenters. The maximum Gasteiger partial charge on any atom is 0.325 e. The van der Waals surface area contributed by atoms with Crippen LogP contribution in [0.1, 0.15) is 5.56 Å². The van der Waals surface area contributed by atoms with Crippen LogP contribution >= 0.6 is 0 Å². The second-order valence-electron chi connectivity index (χ2n) is 3.45. The second-order valence-corrected chi connectivity index (χ2v) is 3.45. The fourth-order valence-corrected chi connectivity index (χ4v) is 1.23. The van der Waals surface area contributed by atoms with Crippen LogP contribution in [0.4, 0.5) is 4.39 Å². The molecule has 8 heteroatoms. The highest BCUT2D eigenvalue weighted by Crippen LogP contribution is 2.04. The van der Waals surface area contributed by atoms with Gasteiger partial charge in [0.2, 0.25) is 5.95 Å². The van der Waals surface area contributed by atoms with E-state index in [1.165, 1.54) is 26.4 Å². The molecule has 19 heavy (non-hydrogen) atoms. The van der Waals surface area contributed by atoms with Crippen molar-refractivity contribution in [3.05, 3.63) is 57.4 Å². The fraction of sp³-hybridized carbons (Fsp3) is 0.182. The Morgan fingerprint density at radius 2 is 2.26 bits per heavy atom. The molecule has 1 aromatic rings. The normalized spacial score (nSPS) is 12.2. The zero-order valence-corrected chi connectivity index (χ0v) is 10.5. The number of hydrogen-bond acceptors (Lipinski definition) is 5. The first-order chi connectivity index (χ1) is 8.99.